The Hall–Kier alpha value is -0.780. The number of halogens is 1. The van der Waals surface area contributed by atoms with E-state index in [2.05, 4.69) is 36.4 Å². The molecule has 0 amide bonds. The van der Waals surface area contributed by atoms with Crippen LogP contribution >= 0.6 is 22.6 Å². The fraction of sp³-hybridized carbons (Fsp3) is 0.462. The summed E-state index contributed by atoms with van der Waals surface area (Å²) in [6.07, 6.45) is 2.04. The number of ether oxygens (including phenoxy) is 1. The minimum absolute atomic E-state index is 0.237. The standard InChI is InChI=1S/C13H17IO3/c1-9(2)4-3-7-17-12-6-5-10(14)8-11(12)13(15)16/h5-6,8-9H,3-4,7H2,1-2H3,(H,15,16). The summed E-state index contributed by atoms with van der Waals surface area (Å²) in [6.45, 7) is 4.89. The van der Waals surface area contributed by atoms with E-state index in [-0.39, 0.29) is 5.56 Å². The Kier molecular flexibility index (Phi) is 5.74. The smallest absolute Gasteiger partial charge is 0.339 e. The molecule has 4 heteroatoms. The van der Waals surface area contributed by atoms with E-state index in [1.807, 2.05) is 6.07 Å². The van der Waals surface area contributed by atoms with Crippen LogP contribution in [0.5, 0.6) is 5.75 Å². The van der Waals surface area contributed by atoms with E-state index >= 15 is 0 Å². The minimum atomic E-state index is -0.942. The number of carbonyl (C=O) groups is 1. The lowest BCUT2D eigenvalue weighted by molar-refractivity contribution is 0.0692. The molecule has 0 aromatic heterocycles. The average Bonchev–Trinajstić information content (AvgIpc) is 2.25. The predicted molar refractivity (Wildman–Crippen MR) is 75.7 cm³/mol. The van der Waals surface area contributed by atoms with Gasteiger partial charge in [-0.15, -0.1) is 0 Å². The summed E-state index contributed by atoms with van der Waals surface area (Å²) in [5.74, 6) is 0.165. The molecule has 94 valence electrons. The van der Waals surface area contributed by atoms with Gasteiger partial charge < -0.3 is 9.84 Å². The maximum atomic E-state index is 11.0. The Labute approximate surface area is 115 Å². The van der Waals surface area contributed by atoms with Crippen LogP contribution in [-0.2, 0) is 0 Å². The van der Waals surface area contributed by atoms with Gasteiger partial charge in [-0.2, -0.15) is 0 Å². The number of rotatable bonds is 6. The molecular formula is C13H17IO3. The summed E-state index contributed by atoms with van der Waals surface area (Å²) < 4.78 is 6.42. The number of benzene rings is 1. The molecule has 1 N–H and O–H groups in total. The van der Waals surface area contributed by atoms with Gasteiger partial charge in [0.2, 0.25) is 0 Å². The van der Waals surface area contributed by atoms with Crippen molar-refractivity contribution < 1.29 is 14.6 Å². The normalized spacial score (nSPS) is 10.6. The van der Waals surface area contributed by atoms with Crippen molar-refractivity contribution in [1.29, 1.82) is 0 Å². The quantitative estimate of drug-likeness (QED) is 0.628. The number of carboxylic acids is 1. The second kappa shape index (κ2) is 6.83. The van der Waals surface area contributed by atoms with Crippen molar-refractivity contribution in [2.24, 2.45) is 5.92 Å². The van der Waals surface area contributed by atoms with Gasteiger partial charge in [0.1, 0.15) is 11.3 Å². The second-order valence-corrected chi connectivity index (χ2v) is 5.58. The summed E-state index contributed by atoms with van der Waals surface area (Å²) in [5.41, 5.74) is 0.237. The van der Waals surface area contributed by atoms with Gasteiger partial charge in [0.15, 0.2) is 0 Å². The van der Waals surface area contributed by atoms with E-state index in [9.17, 15) is 4.79 Å². The monoisotopic (exact) mass is 348 g/mol. The first-order valence-electron chi connectivity index (χ1n) is 5.66. The minimum Gasteiger partial charge on any atom is -0.493 e. The molecule has 0 saturated heterocycles. The van der Waals surface area contributed by atoms with Crippen molar-refractivity contribution in [3.05, 3.63) is 27.3 Å². The molecule has 1 aromatic carbocycles. The van der Waals surface area contributed by atoms with Crippen LogP contribution in [0.1, 0.15) is 37.0 Å². The van der Waals surface area contributed by atoms with Crippen LogP contribution in [-0.4, -0.2) is 17.7 Å². The first kappa shape index (κ1) is 14.3. The molecule has 0 saturated carbocycles. The third-order valence-electron chi connectivity index (χ3n) is 2.36. The molecule has 0 aliphatic carbocycles. The Morgan fingerprint density at radius 1 is 1.47 bits per heavy atom. The summed E-state index contributed by atoms with van der Waals surface area (Å²) in [5, 5.41) is 9.05. The molecule has 0 atom stereocenters. The van der Waals surface area contributed by atoms with Crippen molar-refractivity contribution in [2.75, 3.05) is 6.61 Å². The molecule has 0 aliphatic heterocycles. The van der Waals surface area contributed by atoms with E-state index in [1.54, 1.807) is 12.1 Å². The lowest BCUT2D eigenvalue weighted by Crippen LogP contribution is -2.05. The van der Waals surface area contributed by atoms with Crippen molar-refractivity contribution in [3.63, 3.8) is 0 Å². The van der Waals surface area contributed by atoms with Crippen LogP contribution in [0.2, 0.25) is 0 Å². The maximum Gasteiger partial charge on any atom is 0.339 e. The zero-order valence-corrected chi connectivity index (χ0v) is 12.2. The molecule has 0 unspecified atom stereocenters. The molecule has 0 heterocycles. The van der Waals surface area contributed by atoms with E-state index in [4.69, 9.17) is 9.84 Å². The topological polar surface area (TPSA) is 46.5 Å². The Morgan fingerprint density at radius 2 is 2.18 bits per heavy atom. The number of aromatic carboxylic acids is 1. The predicted octanol–water partition coefficient (Wildman–Crippen LogP) is 3.80. The first-order valence-corrected chi connectivity index (χ1v) is 6.74. The van der Waals surface area contributed by atoms with E-state index in [0.29, 0.717) is 18.3 Å². The van der Waals surface area contributed by atoms with Gasteiger partial charge in [-0.3, -0.25) is 0 Å². The Bertz CT molecular complexity index is 388. The average molecular weight is 348 g/mol. The molecule has 0 spiro atoms. The first-order chi connectivity index (χ1) is 8.00. The lowest BCUT2D eigenvalue weighted by Gasteiger charge is -2.10. The van der Waals surface area contributed by atoms with Gasteiger partial charge in [0.05, 0.1) is 6.61 Å². The van der Waals surface area contributed by atoms with E-state index in [1.165, 1.54) is 0 Å². The van der Waals surface area contributed by atoms with Gasteiger partial charge in [0, 0.05) is 3.57 Å². The van der Waals surface area contributed by atoms with Gasteiger partial charge >= 0.3 is 5.97 Å². The van der Waals surface area contributed by atoms with Gasteiger partial charge in [-0.25, -0.2) is 4.79 Å². The van der Waals surface area contributed by atoms with Gasteiger partial charge in [0.25, 0.3) is 0 Å². The van der Waals surface area contributed by atoms with Crippen molar-refractivity contribution >= 4 is 28.6 Å². The molecule has 0 fully saturated rings. The van der Waals surface area contributed by atoms with E-state index < -0.39 is 5.97 Å². The molecule has 0 radical (unpaired) electrons. The Morgan fingerprint density at radius 3 is 2.76 bits per heavy atom. The maximum absolute atomic E-state index is 11.0. The van der Waals surface area contributed by atoms with Crippen LogP contribution in [0.15, 0.2) is 18.2 Å². The highest BCUT2D eigenvalue weighted by molar-refractivity contribution is 14.1. The molecule has 0 bridgehead atoms. The highest BCUT2D eigenvalue weighted by Gasteiger charge is 2.11. The fourth-order valence-electron chi connectivity index (χ4n) is 1.47. The molecular weight excluding hydrogens is 331 g/mol. The Balaban J connectivity index is 2.61. The zero-order valence-electron chi connectivity index (χ0n) is 10.1. The number of hydrogen-bond donors (Lipinski definition) is 1. The van der Waals surface area contributed by atoms with Crippen LogP contribution in [0, 0.1) is 9.49 Å². The summed E-state index contributed by atoms with van der Waals surface area (Å²) in [7, 11) is 0. The van der Waals surface area contributed by atoms with Gasteiger partial charge in [-0.05, 0) is 59.5 Å². The van der Waals surface area contributed by atoms with Crippen molar-refractivity contribution in [1.82, 2.24) is 0 Å². The third kappa shape index (κ3) is 4.93. The van der Waals surface area contributed by atoms with Crippen molar-refractivity contribution in [2.45, 2.75) is 26.7 Å². The highest BCUT2D eigenvalue weighted by Crippen LogP contribution is 2.21. The lowest BCUT2D eigenvalue weighted by atomic mass is 10.1. The van der Waals surface area contributed by atoms with Crippen molar-refractivity contribution in [3.8, 4) is 5.75 Å². The molecule has 17 heavy (non-hydrogen) atoms. The zero-order chi connectivity index (χ0) is 12.8. The van der Waals surface area contributed by atoms with Crippen LogP contribution < -0.4 is 4.74 Å². The summed E-state index contributed by atoms with van der Waals surface area (Å²) in [6, 6.07) is 5.20. The van der Waals surface area contributed by atoms with Crippen LogP contribution in [0.4, 0.5) is 0 Å². The second-order valence-electron chi connectivity index (χ2n) is 4.33. The van der Waals surface area contributed by atoms with Crippen LogP contribution in [0.3, 0.4) is 0 Å². The summed E-state index contributed by atoms with van der Waals surface area (Å²) in [4.78, 5) is 11.0. The SMILES string of the molecule is CC(C)CCCOc1ccc(I)cc1C(=O)O. The van der Waals surface area contributed by atoms with Crippen LogP contribution in [0.25, 0.3) is 0 Å². The molecule has 0 aliphatic rings. The van der Waals surface area contributed by atoms with E-state index in [0.717, 1.165) is 16.4 Å². The number of hydrogen-bond acceptors (Lipinski definition) is 2. The number of carboxylic acid groups (broad SMARTS) is 1. The molecule has 1 rings (SSSR count). The molecule has 1 aromatic rings. The fourth-order valence-corrected chi connectivity index (χ4v) is 1.96. The third-order valence-corrected chi connectivity index (χ3v) is 3.03. The highest BCUT2D eigenvalue weighted by atomic mass is 127. The summed E-state index contributed by atoms with van der Waals surface area (Å²) >= 11 is 2.09. The molecule has 3 nitrogen and oxygen atoms in total. The largest absolute Gasteiger partial charge is 0.493 e. The van der Waals surface area contributed by atoms with Gasteiger partial charge in [-0.1, -0.05) is 13.8 Å².